The van der Waals surface area contributed by atoms with Gasteiger partial charge in [-0.25, -0.2) is 19.4 Å². The number of fused-ring (bicyclic) bond motifs is 1. The maximum Gasteiger partial charge on any atom is 0.435 e. The molecule has 23 heteroatoms. The van der Waals surface area contributed by atoms with Gasteiger partial charge in [-0.3, -0.25) is 19.2 Å². The smallest absolute Gasteiger partial charge is 0.435 e. The topological polar surface area (TPSA) is 213 Å². The predicted octanol–water partition coefficient (Wildman–Crippen LogP) is 3.36. The largest absolute Gasteiger partial charge is 0.477 e. The lowest BCUT2D eigenvalue weighted by atomic mass is 9.90. The molecule has 0 bridgehead atoms. The Balaban J connectivity index is 0.826. The molecule has 0 radical (unpaired) electrons. The summed E-state index contributed by atoms with van der Waals surface area (Å²) in [4.78, 5) is 82.1. The Kier molecular flexibility index (Phi) is 12.6. The molecule has 354 valence electrons. The number of quaternary nitrogens is 1. The van der Waals surface area contributed by atoms with Crippen LogP contribution in [0.4, 0.5) is 18.9 Å². The number of anilines is 1. The summed E-state index contributed by atoms with van der Waals surface area (Å²) in [6, 6.07) is 5.83. The highest BCUT2D eigenvalue weighted by Gasteiger charge is 2.43. The highest BCUT2D eigenvalue weighted by Crippen LogP contribution is 2.37. The number of benzene rings is 1. The zero-order valence-corrected chi connectivity index (χ0v) is 37.3. The van der Waals surface area contributed by atoms with Crippen molar-refractivity contribution >= 4 is 57.8 Å². The van der Waals surface area contributed by atoms with Crippen molar-refractivity contribution in [3.63, 3.8) is 0 Å². The number of imidazole rings is 1. The number of nitrogens with one attached hydrogen (secondary N) is 3. The van der Waals surface area contributed by atoms with Gasteiger partial charge in [0, 0.05) is 120 Å². The summed E-state index contributed by atoms with van der Waals surface area (Å²) in [6.07, 6.45) is 1.55. The number of hydrogen-bond donors (Lipinski definition) is 4. The molecule has 4 N–H and O–H groups in total. The number of aliphatic carboxylic acids is 1. The molecule has 0 aliphatic carbocycles. The molecule has 4 amide bonds. The van der Waals surface area contributed by atoms with Crippen LogP contribution in [0.25, 0.3) is 28.0 Å². The van der Waals surface area contributed by atoms with Crippen molar-refractivity contribution in [2.75, 3.05) is 97.1 Å². The van der Waals surface area contributed by atoms with Crippen LogP contribution in [-0.2, 0) is 27.5 Å². The number of alkyl halides is 3. The maximum atomic E-state index is 14.5. The third kappa shape index (κ3) is 9.34. The molecule has 19 nitrogen and oxygen atoms in total. The Morgan fingerprint density at radius 2 is 1.61 bits per heavy atom. The van der Waals surface area contributed by atoms with Gasteiger partial charge in [-0.15, -0.1) is 0 Å². The van der Waals surface area contributed by atoms with Gasteiger partial charge in [0.1, 0.15) is 0 Å². The molecule has 4 aliphatic rings. The second-order valence-corrected chi connectivity index (χ2v) is 18.1. The number of carboxylic acid groups (broad SMARTS) is 1. The van der Waals surface area contributed by atoms with Gasteiger partial charge in [0.25, 0.3) is 17.7 Å². The quantitative estimate of drug-likeness (QED) is 0.141. The minimum atomic E-state index is -4.90. The van der Waals surface area contributed by atoms with Crippen molar-refractivity contribution in [1.82, 2.24) is 49.3 Å². The van der Waals surface area contributed by atoms with E-state index in [1.54, 1.807) is 14.7 Å². The number of carbonyl (C=O) groups excluding carboxylic acids is 4. The first-order valence-electron chi connectivity index (χ1n) is 22.1. The summed E-state index contributed by atoms with van der Waals surface area (Å²) in [5, 5.41) is 19.9. The van der Waals surface area contributed by atoms with Crippen LogP contribution in [-0.4, -0.2) is 175 Å². The molecule has 4 aliphatic heterocycles. The number of H-pyrrole nitrogens is 1. The molecule has 67 heavy (non-hydrogen) atoms. The Morgan fingerprint density at radius 1 is 0.925 bits per heavy atom. The first-order valence-corrected chi connectivity index (χ1v) is 22.5. The van der Waals surface area contributed by atoms with E-state index < -0.39 is 23.7 Å². The normalized spacial score (nSPS) is 20.5. The molecule has 4 aromatic heterocycles. The van der Waals surface area contributed by atoms with Gasteiger partial charge in [-0.05, 0) is 18.2 Å². The van der Waals surface area contributed by atoms with Crippen molar-refractivity contribution in [3.8, 4) is 17.1 Å². The third-order valence-corrected chi connectivity index (χ3v) is 13.6. The molecular weight excluding hydrogens is 901 g/mol. The van der Waals surface area contributed by atoms with Crippen LogP contribution in [0.3, 0.4) is 0 Å². The Hall–Kier alpha value is -6.36. The molecule has 4 fully saturated rings. The van der Waals surface area contributed by atoms with Crippen molar-refractivity contribution < 1.29 is 51.5 Å². The summed E-state index contributed by atoms with van der Waals surface area (Å²) < 4.78 is 51.5. The number of morpholine rings is 1. The molecule has 4 saturated heterocycles. The van der Waals surface area contributed by atoms with Gasteiger partial charge in [-0.1, -0.05) is 11.6 Å². The molecular formula is C44H49ClF3N12O7+. The molecule has 1 aromatic carbocycles. The number of amides is 4. The Labute approximate surface area is 386 Å². The number of likely N-dealkylation sites (tertiary alicyclic amines) is 1. The van der Waals surface area contributed by atoms with Crippen LogP contribution in [0.5, 0.6) is 0 Å². The van der Waals surface area contributed by atoms with Crippen LogP contribution in [0.2, 0.25) is 5.02 Å². The van der Waals surface area contributed by atoms with Gasteiger partial charge in [0.15, 0.2) is 23.9 Å². The van der Waals surface area contributed by atoms with E-state index in [1.807, 2.05) is 0 Å². The number of rotatable bonds is 11. The summed E-state index contributed by atoms with van der Waals surface area (Å²) >= 11 is 6.59. The van der Waals surface area contributed by atoms with E-state index >= 15 is 0 Å². The van der Waals surface area contributed by atoms with Crippen LogP contribution in [0.1, 0.15) is 49.9 Å². The Bertz CT molecular complexity index is 2730. The van der Waals surface area contributed by atoms with Gasteiger partial charge >= 0.3 is 12.1 Å². The lowest BCUT2D eigenvalue weighted by molar-refractivity contribution is -0.929. The number of piperidine rings is 1. The van der Waals surface area contributed by atoms with E-state index in [9.17, 15) is 42.3 Å². The van der Waals surface area contributed by atoms with Gasteiger partial charge in [0.2, 0.25) is 5.91 Å². The highest BCUT2D eigenvalue weighted by molar-refractivity contribution is 6.34. The number of hydrogen-bond acceptors (Lipinski definition) is 10. The minimum absolute atomic E-state index is 0.0246. The SMILES string of the molecule is Cn1c(-c2cn(-c3cc4[nH]cc(C(=O)N5CCOCC5)c4cn3)nc2C(F)(F)F)cnc1C(=O)Nc1ccc(C(=O)N2CCN(C(=O)C3CC[N+](CC(=O)O)(CC4CNC4)CC3)CC2)c(Cl)c1. The number of nitrogens with zero attached hydrogens (tertiary/aromatic N) is 9. The number of pyridine rings is 1. The molecule has 0 saturated carbocycles. The van der Waals surface area contributed by atoms with E-state index in [1.165, 1.54) is 48.3 Å². The second kappa shape index (κ2) is 18.4. The molecule has 0 atom stereocenters. The molecule has 8 heterocycles. The standard InChI is InChI=1S/C44H48ClF3N12O7/c1-55-35(32-23-59(54-38(32)44(46,47)48)36-17-34-30(20-51-36)31(21-50-34)43(66)58-10-14-67-15-11-58)22-52-39(55)40(63)53-28-2-3-29(33(45)16-28)42(65)57-8-6-56(7-9-57)41(64)27-4-12-60(13-5-27,25-37(61)62)24-26-18-49-19-26/h2-3,16-17,20-23,26-27,49H,4-15,18-19,24-25H2,1H3,(H2-,50,51,53,61,62,63,65,66)/p+1. The molecule has 9 rings (SSSR count). The zero-order chi connectivity index (χ0) is 47.2. The fraction of sp³-hybridized carbons (Fsp3) is 0.455. The van der Waals surface area contributed by atoms with Gasteiger partial charge < -0.3 is 49.2 Å². The summed E-state index contributed by atoms with van der Waals surface area (Å²) in [5.74, 6) is -2.06. The fourth-order valence-electron chi connectivity index (χ4n) is 9.60. The van der Waals surface area contributed by atoms with Crippen molar-refractivity contribution in [3.05, 3.63) is 76.7 Å². The van der Waals surface area contributed by atoms with Gasteiger partial charge in [0.05, 0.1) is 72.0 Å². The fourth-order valence-corrected chi connectivity index (χ4v) is 9.86. The lowest BCUT2D eigenvalue weighted by Gasteiger charge is -2.46. The van der Waals surface area contributed by atoms with Crippen molar-refractivity contribution in [2.45, 2.75) is 19.0 Å². The molecule has 0 spiro atoms. The van der Waals surface area contributed by atoms with E-state index in [2.05, 4.69) is 30.7 Å². The summed E-state index contributed by atoms with van der Waals surface area (Å²) in [6.45, 7) is 6.86. The monoisotopic (exact) mass is 949 g/mol. The van der Waals surface area contributed by atoms with E-state index in [-0.39, 0.29) is 82.4 Å². The lowest BCUT2D eigenvalue weighted by Crippen LogP contribution is -2.62. The number of aromatic amines is 1. The Morgan fingerprint density at radius 3 is 2.27 bits per heavy atom. The first kappa shape index (κ1) is 45.8. The number of ether oxygens (including phenoxy) is 1. The van der Waals surface area contributed by atoms with E-state index in [0.717, 1.165) is 36.7 Å². The van der Waals surface area contributed by atoms with Crippen LogP contribution in [0, 0.1) is 11.8 Å². The predicted molar refractivity (Wildman–Crippen MR) is 235 cm³/mol. The second-order valence-electron chi connectivity index (χ2n) is 17.6. The highest BCUT2D eigenvalue weighted by atomic mass is 35.5. The third-order valence-electron chi connectivity index (χ3n) is 13.3. The number of halogens is 4. The number of aromatic nitrogens is 6. The molecule has 5 aromatic rings. The minimum Gasteiger partial charge on any atom is -0.477 e. The van der Waals surface area contributed by atoms with Gasteiger partial charge in [-0.2, -0.15) is 18.3 Å². The summed E-state index contributed by atoms with van der Waals surface area (Å²) in [7, 11) is 1.39. The molecule has 0 unspecified atom stereocenters. The van der Waals surface area contributed by atoms with Crippen LogP contribution in [0.15, 0.2) is 49.1 Å². The number of carboxylic acids is 1. The number of piperazine rings is 1. The average Bonchev–Trinajstić information content (AvgIpc) is 4.04. The zero-order valence-electron chi connectivity index (χ0n) is 36.5. The summed E-state index contributed by atoms with van der Waals surface area (Å²) in [5.41, 5.74) is -0.427. The van der Waals surface area contributed by atoms with Crippen molar-refractivity contribution in [1.29, 1.82) is 0 Å². The first-order chi connectivity index (χ1) is 32.1. The maximum absolute atomic E-state index is 14.5. The van der Waals surface area contributed by atoms with Crippen LogP contribution >= 0.6 is 11.6 Å². The average molecular weight is 950 g/mol. The van der Waals surface area contributed by atoms with E-state index in [4.69, 9.17) is 16.3 Å². The van der Waals surface area contributed by atoms with Crippen LogP contribution < -0.4 is 10.6 Å². The number of carbonyl (C=O) groups is 5. The van der Waals surface area contributed by atoms with E-state index in [0.29, 0.717) is 92.2 Å². The van der Waals surface area contributed by atoms with Crippen molar-refractivity contribution in [2.24, 2.45) is 18.9 Å².